The van der Waals surface area contributed by atoms with Crippen LogP contribution >= 0.6 is 0 Å². The first-order valence-electron chi connectivity index (χ1n) is 4.35. The van der Waals surface area contributed by atoms with Crippen molar-refractivity contribution < 1.29 is 5.11 Å². The lowest BCUT2D eigenvalue weighted by molar-refractivity contribution is 0.125. The van der Waals surface area contributed by atoms with Gasteiger partial charge in [-0.3, -0.25) is 0 Å². The zero-order valence-corrected chi connectivity index (χ0v) is 7.56. The van der Waals surface area contributed by atoms with E-state index in [0.29, 0.717) is 5.41 Å². The Morgan fingerprint density at radius 1 is 1.45 bits per heavy atom. The number of rotatable bonds is 4. The van der Waals surface area contributed by atoms with Crippen LogP contribution in [0, 0.1) is 10.8 Å². The molecule has 3 N–H and O–H groups in total. The molecule has 0 radical (unpaired) electrons. The van der Waals surface area contributed by atoms with E-state index in [2.05, 4.69) is 13.8 Å². The SMILES string of the molecule is CC(C)(CO)CC1(CN)CC1. The van der Waals surface area contributed by atoms with Gasteiger partial charge in [0.25, 0.3) is 0 Å². The van der Waals surface area contributed by atoms with Crippen LogP contribution in [-0.2, 0) is 0 Å². The highest BCUT2D eigenvalue weighted by molar-refractivity contribution is 4.97. The molecule has 0 heterocycles. The minimum atomic E-state index is 0.0653. The van der Waals surface area contributed by atoms with Crippen molar-refractivity contribution in [2.45, 2.75) is 33.1 Å². The standard InChI is InChI=1S/C9H19NO/c1-8(2,7-11)5-9(6-10)3-4-9/h11H,3-7,10H2,1-2H3. The van der Waals surface area contributed by atoms with E-state index in [0.717, 1.165) is 13.0 Å². The van der Waals surface area contributed by atoms with Gasteiger partial charge < -0.3 is 10.8 Å². The Balaban J connectivity index is 2.41. The van der Waals surface area contributed by atoms with Crippen molar-refractivity contribution in [3.8, 4) is 0 Å². The van der Waals surface area contributed by atoms with E-state index in [1.54, 1.807) is 0 Å². The maximum Gasteiger partial charge on any atom is 0.0482 e. The van der Waals surface area contributed by atoms with E-state index in [1.807, 2.05) is 0 Å². The normalized spacial score (nSPS) is 21.8. The van der Waals surface area contributed by atoms with Crippen molar-refractivity contribution in [2.75, 3.05) is 13.2 Å². The summed E-state index contributed by atoms with van der Waals surface area (Å²) >= 11 is 0. The van der Waals surface area contributed by atoms with E-state index in [9.17, 15) is 0 Å². The summed E-state index contributed by atoms with van der Waals surface area (Å²) in [5.41, 5.74) is 6.11. The molecule has 11 heavy (non-hydrogen) atoms. The zero-order valence-electron chi connectivity index (χ0n) is 7.56. The third-order valence-corrected chi connectivity index (χ3v) is 2.67. The molecule has 0 saturated heterocycles. The summed E-state index contributed by atoms with van der Waals surface area (Å²) in [6, 6.07) is 0. The fourth-order valence-electron chi connectivity index (χ4n) is 1.70. The summed E-state index contributed by atoms with van der Waals surface area (Å²) < 4.78 is 0. The monoisotopic (exact) mass is 157 g/mol. The minimum absolute atomic E-state index is 0.0653. The number of nitrogens with two attached hydrogens (primary N) is 1. The van der Waals surface area contributed by atoms with Crippen LogP contribution in [0.2, 0.25) is 0 Å². The average Bonchev–Trinajstić information content (AvgIpc) is 2.69. The first-order chi connectivity index (χ1) is 5.04. The van der Waals surface area contributed by atoms with Gasteiger partial charge in [-0.2, -0.15) is 0 Å². The fourth-order valence-corrected chi connectivity index (χ4v) is 1.70. The molecule has 0 unspecified atom stereocenters. The van der Waals surface area contributed by atoms with Crippen molar-refractivity contribution in [3.05, 3.63) is 0 Å². The number of aliphatic hydroxyl groups excluding tert-OH is 1. The van der Waals surface area contributed by atoms with Gasteiger partial charge in [0.1, 0.15) is 0 Å². The number of hydrogen-bond acceptors (Lipinski definition) is 2. The van der Waals surface area contributed by atoms with Crippen molar-refractivity contribution in [3.63, 3.8) is 0 Å². The molecule has 2 heteroatoms. The van der Waals surface area contributed by atoms with Crippen molar-refractivity contribution in [1.82, 2.24) is 0 Å². The molecule has 66 valence electrons. The second-order valence-electron chi connectivity index (χ2n) is 4.70. The van der Waals surface area contributed by atoms with E-state index >= 15 is 0 Å². The molecule has 0 aromatic rings. The fraction of sp³-hybridized carbons (Fsp3) is 1.00. The van der Waals surface area contributed by atoms with Gasteiger partial charge in [-0.25, -0.2) is 0 Å². The Kier molecular flexibility index (Phi) is 2.26. The van der Waals surface area contributed by atoms with Crippen molar-refractivity contribution in [1.29, 1.82) is 0 Å². The molecule has 0 atom stereocenters. The van der Waals surface area contributed by atoms with Crippen LogP contribution in [0.3, 0.4) is 0 Å². The Morgan fingerprint density at radius 3 is 2.27 bits per heavy atom. The molecular weight excluding hydrogens is 138 g/mol. The zero-order chi connectivity index (χ0) is 8.54. The lowest BCUT2D eigenvalue weighted by Crippen LogP contribution is -2.26. The predicted octanol–water partition coefficient (Wildman–Crippen LogP) is 1.13. The molecule has 0 spiro atoms. The topological polar surface area (TPSA) is 46.2 Å². The second-order valence-corrected chi connectivity index (χ2v) is 4.70. The van der Waals surface area contributed by atoms with Crippen LogP contribution in [0.15, 0.2) is 0 Å². The maximum atomic E-state index is 9.04. The molecule has 2 nitrogen and oxygen atoms in total. The van der Waals surface area contributed by atoms with Gasteiger partial charge in [-0.15, -0.1) is 0 Å². The number of aliphatic hydroxyl groups is 1. The first kappa shape index (κ1) is 9.01. The molecular formula is C9H19NO. The highest BCUT2D eigenvalue weighted by atomic mass is 16.3. The highest BCUT2D eigenvalue weighted by Crippen LogP contribution is 2.52. The molecule has 0 aromatic heterocycles. The molecule has 0 aromatic carbocycles. The summed E-state index contributed by atoms with van der Waals surface area (Å²) in [7, 11) is 0. The van der Waals surface area contributed by atoms with Crippen molar-refractivity contribution in [2.24, 2.45) is 16.6 Å². The first-order valence-corrected chi connectivity index (χ1v) is 4.35. The summed E-state index contributed by atoms with van der Waals surface area (Å²) in [5, 5.41) is 9.04. The molecule has 0 bridgehead atoms. The van der Waals surface area contributed by atoms with Crippen LogP contribution in [-0.4, -0.2) is 18.3 Å². The smallest absolute Gasteiger partial charge is 0.0482 e. The third-order valence-electron chi connectivity index (χ3n) is 2.67. The Labute approximate surface area is 68.8 Å². The van der Waals surface area contributed by atoms with Gasteiger partial charge in [0, 0.05) is 6.61 Å². The molecule has 0 amide bonds. The largest absolute Gasteiger partial charge is 0.396 e. The van der Waals surface area contributed by atoms with Crippen LogP contribution in [0.4, 0.5) is 0 Å². The third kappa shape index (κ3) is 2.17. The molecule has 1 aliphatic rings. The van der Waals surface area contributed by atoms with E-state index < -0.39 is 0 Å². The van der Waals surface area contributed by atoms with Gasteiger partial charge in [-0.1, -0.05) is 13.8 Å². The highest BCUT2D eigenvalue weighted by Gasteiger charge is 2.44. The minimum Gasteiger partial charge on any atom is -0.396 e. The van der Waals surface area contributed by atoms with Gasteiger partial charge in [0.05, 0.1) is 0 Å². The van der Waals surface area contributed by atoms with Crippen LogP contribution in [0.25, 0.3) is 0 Å². The number of hydrogen-bond donors (Lipinski definition) is 2. The van der Waals surface area contributed by atoms with Crippen LogP contribution in [0.1, 0.15) is 33.1 Å². The summed E-state index contributed by atoms with van der Waals surface area (Å²) in [6.45, 7) is 5.26. The molecule has 1 rings (SSSR count). The van der Waals surface area contributed by atoms with Gasteiger partial charge in [0.15, 0.2) is 0 Å². The predicted molar refractivity (Wildman–Crippen MR) is 46.2 cm³/mol. The molecule has 0 aliphatic heterocycles. The molecule has 1 fully saturated rings. The second kappa shape index (κ2) is 2.76. The van der Waals surface area contributed by atoms with Gasteiger partial charge in [-0.05, 0) is 36.6 Å². The van der Waals surface area contributed by atoms with E-state index in [1.165, 1.54) is 12.8 Å². The Hall–Kier alpha value is -0.0800. The van der Waals surface area contributed by atoms with E-state index in [4.69, 9.17) is 10.8 Å². The van der Waals surface area contributed by atoms with Gasteiger partial charge in [0.2, 0.25) is 0 Å². The maximum absolute atomic E-state index is 9.04. The Morgan fingerprint density at radius 2 is 2.00 bits per heavy atom. The quantitative estimate of drug-likeness (QED) is 0.642. The average molecular weight is 157 g/mol. The van der Waals surface area contributed by atoms with Crippen molar-refractivity contribution >= 4 is 0 Å². The lowest BCUT2D eigenvalue weighted by Gasteiger charge is -2.26. The summed E-state index contributed by atoms with van der Waals surface area (Å²) in [6.07, 6.45) is 3.59. The van der Waals surface area contributed by atoms with Crippen LogP contribution in [0.5, 0.6) is 0 Å². The summed E-state index contributed by atoms with van der Waals surface area (Å²) in [4.78, 5) is 0. The Bertz CT molecular complexity index is 134. The summed E-state index contributed by atoms with van der Waals surface area (Å²) in [5.74, 6) is 0. The lowest BCUT2D eigenvalue weighted by atomic mass is 9.82. The molecule has 1 aliphatic carbocycles. The molecule has 1 saturated carbocycles. The van der Waals surface area contributed by atoms with E-state index in [-0.39, 0.29) is 12.0 Å². The van der Waals surface area contributed by atoms with Crippen LogP contribution < -0.4 is 5.73 Å². The van der Waals surface area contributed by atoms with Gasteiger partial charge >= 0.3 is 0 Å².